The minimum Gasteiger partial charge on any atom is -0.494 e. The molecule has 0 bridgehead atoms. The molecule has 0 saturated heterocycles. The highest BCUT2D eigenvalue weighted by Crippen LogP contribution is 2.33. The number of hydrogen-bond acceptors (Lipinski definition) is 5. The van der Waals surface area contributed by atoms with Gasteiger partial charge in [0.15, 0.2) is 10.9 Å². The van der Waals surface area contributed by atoms with E-state index in [1.165, 1.54) is 0 Å². The first-order valence-electron chi connectivity index (χ1n) is 7.98. The predicted molar refractivity (Wildman–Crippen MR) is 98.2 cm³/mol. The highest BCUT2D eigenvalue weighted by Gasteiger charge is 2.29. The molecule has 0 radical (unpaired) electrons. The molecule has 4 rings (SSSR count). The van der Waals surface area contributed by atoms with Crippen LogP contribution in [0.25, 0.3) is 11.1 Å². The van der Waals surface area contributed by atoms with Crippen molar-refractivity contribution in [2.75, 3.05) is 12.0 Å². The standard InChI is InChI=1S/C18H16ClN5O2/c1-26-16-5-12(6-21-17(16)19)11-2-3-15-13(4-11)8-24(18(15)25)14-7-22-23(9-14)10-20/h2-7,9H,8,10,20H2,1H3. The first-order valence-corrected chi connectivity index (χ1v) is 8.35. The molecule has 1 aliphatic heterocycles. The molecular formula is C18H16ClN5O2. The van der Waals surface area contributed by atoms with E-state index in [9.17, 15) is 4.79 Å². The minimum absolute atomic E-state index is 0.0464. The Hall–Kier alpha value is -2.90. The van der Waals surface area contributed by atoms with Crippen molar-refractivity contribution in [3.63, 3.8) is 0 Å². The Balaban J connectivity index is 1.67. The Kier molecular flexibility index (Phi) is 4.10. The normalized spacial score (nSPS) is 13.2. The summed E-state index contributed by atoms with van der Waals surface area (Å²) >= 11 is 5.99. The van der Waals surface area contributed by atoms with Gasteiger partial charge < -0.3 is 15.4 Å². The second kappa shape index (κ2) is 6.44. The molecule has 1 aromatic carbocycles. The summed E-state index contributed by atoms with van der Waals surface area (Å²) in [6.07, 6.45) is 5.09. The molecular weight excluding hydrogens is 354 g/mol. The van der Waals surface area contributed by atoms with Crippen molar-refractivity contribution >= 4 is 23.2 Å². The fraction of sp³-hybridized carbons (Fsp3) is 0.167. The van der Waals surface area contributed by atoms with Crippen molar-refractivity contribution in [2.24, 2.45) is 5.73 Å². The van der Waals surface area contributed by atoms with Crippen molar-refractivity contribution < 1.29 is 9.53 Å². The van der Waals surface area contributed by atoms with Crippen LogP contribution >= 0.6 is 11.6 Å². The van der Waals surface area contributed by atoms with Gasteiger partial charge in [0.2, 0.25) is 0 Å². The van der Waals surface area contributed by atoms with Crippen LogP contribution < -0.4 is 15.4 Å². The summed E-state index contributed by atoms with van der Waals surface area (Å²) in [7, 11) is 1.55. The summed E-state index contributed by atoms with van der Waals surface area (Å²) in [6.45, 7) is 0.751. The van der Waals surface area contributed by atoms with Gasteiger partial charge in [-0.05, 0) is 29.3 Å². The molecule has 8 heteroatoms. The monoisotopic (exact) mass is 369 g/mol. The molecule has 26 heavy (non-hydrogen) atoms. The maximum Gasteiger partial charge on any atom is 0.259 e. The van der Waals surface area contributed by atoms with Crippen LogP contribution in [0.15, 0.2) is 42.9 Å². The van der Waals surface area contributed by atoms with Crippen LogP contribution in [0.2, 0.25) is 5.15 Å². The summed E-state index contributed by atoms with van der Waals surface area (Å²) in [5.74, 6) is 0.464. The summed E-state index contributed by atoms with van der Waals surface area (Å²) in [4.78, 5) is 18.5. The molecule has 1 amide bonds. The lowest BCUT2D eigenvalue weighted by atomic mass is 10.0. The molecule has 0 aliphatic carbocycles. The van der Waals surface area contributed by atoms with Crippen molar-refractivity contribution in [2.45, 2.75) is 13.2 Å². The molecule has 2 N–H and O–H groups in total. The fourth-order valence-corrected chi connectivity index (χ4v) is 3.21. The van der Waals surface area contributed by atoms with E-state index in [1.807, 2.05) is 24.3 Å². The lowest BCUT2D eigenvalue weighted by molar-refractivity contribution is 0.0996. The van der Waals surface area contributed by atoms with Gasteiger partial charge in [-0.1, -0.05) is 17.7 Å². The smallest absolute Gasteiger partial charge is 0.259 e. The summed E-state index contributed by atoms with van der Waals surface area (Å²) in [6, 6.07) is 7.55. The number of carbonyl (C=O) groups excluding carboxylic acids is 1. The summed E-state index contributed by atoms with van der Waals surface area (Å²) in [5, 5.41) is 4.45. The van der Waals surface area contributed by atoms with E-state index in [0.717, 1.165) is 22.4 Å². The molecule has 1 aliphatic rings. The van der Waals surface area contributed by atoms with Crippen LogP contribution in [-0.4, -0.2) is 27.8 Å². The maximum atomic E-state index is 12.7. The number of amides is 1. The number of carbonyl (C=O) groups is 1. The lowest BCUT2D eigenvalue weighted by Gasteiger charge is -2.12. The lowest BCUT2D eigenvalue weighted by Crippen LogP contribution is -2.22. The van der Waals surface area contributed by atoms with Crippen LogP contribution in [0.5, 0.6) is 5.75 Å². The van der Waals surface area contributed by atoms with Crippen LogP contribution in [0.3, 0.4) is 0 Å². The number of rotatable bonds is 4. The summed E-state index contributed by atoms with van der Waals surface area (Å²) < 4.78 is 6.81. The van der Waals surface area contributed by atoms with Crippen LogP contribution in [0.1, 0.15) is 15.9 Å². The van der Waals surface area contributed by atoms with E-state index in [1.54, 1.807) is 35.3 Å². The Morgan fingerprint density at radius 3 is 2.85 bits per heavy atom. The second-order valence-electron chi connectivity index (χ2n) is 5.90. The van der Waals surface area contributed by atoms with Gasteiger partial charge in [0.05, 0.1) is 38.4 Å². The minimum atomic E-state index is -0.0464. The number of ether oxygens (including phenoxy) is 1. The van der Waals surface area contributed by atoms with Gasteiger partial charge in [0.25, 0.3) is 5.91 Å². The van der Waals surface area contributed by atoms with Crippen molar-refractivity contribution in [3.05, 3.63) is 59.1 Å². The van der Waals surface area contributed by atoms with E-state index < -0.39 is 0 Å². The van der Waals surface area contributed by atoms with Crippen LogP contribution in [0.4, 0.5) is 5.69 Å². The number of fused-ring (bicyclic) bond motifs is 1. The third-order valence-corrected chi connectivity index (χ3v) is 4.67. The van der Waals surface area contributed by atoms with Gasteiger partial charge in [-0.3, -0.25) is 9.48 Å². The molecule has 7 nitrogen and oxygen atoms in total. The molecule has 0 unspecified atom stereocenters. The van der Waals surface area contributed by atoms with E-state index >= 15 is 0 Å². The summed E-state index contributed by atoms with van der Waals surface area (Å²) in [5.41, 5.74) is 9.74. The Labute approximate surface area is 155 Å². The number of aromatic nitrogens is 3. The molecule has 0 spiro atoms. The van der Waals surface area contributed by atoms with Crippen LogP contribution in [-0.2, 0) is 13.2 Å². The molecule has 3 heterocycles. The zero-order valence-corrected chi connectivity index (χ0v) is 14.8. The van der Waals surface area contributed by atoms with E-state index in [0.29, 0.717) is 23.0 Å². The number of benzene rings is 1. The topological polar surface area (TPSA) is 86.3 Å². The number of methoxy groups -OCH3 is 1. The molecule has 2 aromatic heterocycles. The number of nitrogens with two attached hydrogens (primary N) is 1. The van der Waals surface area contributed by atoms with Gasteiger partial charge in [-0.2, -0.15) is 5.10 Å². The molecule has 132 valence electrons. The van der Waals surface area contributed by atoms with E-state index in [4.69, 9.17) is 22.1 Å². The van der Waals surface area contributed by atoms with Gasteiger partial charge in [0, 0.05) is 17.3 Å². The Morgan fingerprint density at radius 1 is 1.27 bits per heavy atom. The van der Waals surface area contributed by atoms with Gasteiger partial charge in [0.1, 0.15) is 0 Å². The fourth-order valence-electron chi connectivity index (χ4n) is 3.03. The van der Waals surface area contributed by atoms with E-state index in [-0.39, 0.29) is 12.6 Å². The van der Waals surface area contributed by atoms with Gasteiger partial charge >= 0.3 is 0 Å². The Bertz CT molecular complexity index is 1000. The largest absolute Gasteiger partial charge is 0.494 e. The van der Waals surface area contributed by atoms with Crippen molar-refractivity contribution in [1.29, 1.82) is 0 Å². The van der Waals surface area contributed by atoms with E-state index in [2.05, 4.69) is 10.1 Å². The van der Waals surface area contributed by atoms with Crippen molar-refractivity contribution in [1.82, 2.24) is 14.8 Å². The number of halogens is 1. The Morgan fingerprint density at radius 2 is 2.12 bits per heavy atom. The molecule has 3 aromatic rings. The average molecular weight is 370 g/mol. The van der Waals surface area contributed by atoms with Gasteiger partial charge in [-0.15, -0.1) is 0 Å². The average Bonchev–Trinajstić information content (AvgIpc) is 3.26. The molecule has 0 fully saturated rings. The second-order valence-corrected chi connectivity index (χ2v) is 6.26. The number of anilines is 1. The molecule has 0 saturated carbocycles. The van der Waals surface area contributed by atoms with Crippen molar-refractivity contribution in [3.8, 4) is 16.9 Å². The number of nitrogens with zero attached hydrogens (tertiary/aromatic N) is 4. The van der Waals surface area contributed by atoms with Gasteiger partial charge in [-0.25, -0.2) is 4.98 Å². The highest BCUT2D eigenvalue weighted by atomic mass is 35.5. The first-order chi connectivity index (χ1) is 12.6. The third-order valence-electron chi connectivity index (χ3n) is 4.39. The maximum absolute atomic E-state index is 12.7. The van der Waals surface area contributed by atoms with Crippen LogP contribution in [0, 0.1) is 0 Å². The number of pyridine rings is 1. The zero-order valence-electron chi connectivity index (χ0n) is 14.0. The quantitative estimate of drug-likeness (QED) is 0.714. The third kappa shape index (κ3) is 2.71. The zero-order chi connectivity index (χ0) is 18.3. The number of hydrogen-bond donors (Lipinski definition) is 1. The predicted octanol–water partition coefficient (Wildman–Crippen LogP) is 2.68. The first kappa shape index (κ1) is 16.6. The molecule has 0 atom stereocenters. The highest BCUT2D eigenvalue weighted by molar-refractivity contribution is 6.30. The SMILES string of the molecule is COc1cc(-c2ccc3c(c2)CN(c2cnn(CN)c2)C3=O)cnc1Cl.